The Balaban J connectivity index is 2.10. The predicted molar refractivity (Wildman–Crippen MR) is 99.3 cm³/mol. The van der Waals surface area contributed by atoms with Gasteiger partial charge in [-0.15, -0.1) is 0 Å². The highest BCUT2D eigenvalue weighted by Crippen LogP contribution is 2.25. The van der Waals surface area contributed by atoms with Crippen molar-refractivity contribution >= 4 is 21.6 Å². The van der Waals surface area contributed by atoms with Gasteiger partial charge in [0.05, 0.1) is 17.4 Å². The van der Waals surface area contributed by atoms with Crippen LogP contribution in [0.2, 0.25) is 0 Å². The molecule has 6 nitrogen and oxygen atoms in total. The lowest BCUT2D eigenvalue weighted by Crippen LogP contribution is -2.22. The molecule has 0 saturated carbocycles. The van der Waals surface area contributed by atoms with Crippen LogP contribution >= 0.6 is 0 Å². The second-order valence-corrected chi connectivity index (χ2v) is 7.29. The number of nitrogens with zero attached hydrogens (tertiary/aromatic N) is 1. The van der Waals surface area contributed by atoms with Gasteiger partial charge in [-0.2, -0.15) is 0 Å². The number of nitrogens with one attached hydrogen (secondary N) is 1. The number of sulfonamides is 1. The SMILES string of the molecule is NC(=O)c1cccc(Cc2ccccc2)c1S(=O)(=O)Nc1cccnc1. The van der Waals surface area contributed by atoms with Gasteiger partial charge in [0.2, 0.25) is 5.91 Å². The molecule has 0 bridgehead atoms. The largest absolute Gasteiger partial charge is 0.366 e. The minimum Gasteiger partial charge on any atom is -0.366 e. The number of aromatic nitrogens is 1. The van der Waals surface area contributed by atoms with Crippen molar-refractivity contribution in [3.8, 4) is 0 Å². The number of nitrogens with two attached hydrogens (primary N) is 1. The molecule has 0 aliphatic carbocycles. The second kappa shape index (κ2) is 7.37. The molecule has 7 heteroatoms. The fraction of sp³-hybridized carbons (Fsp3) is 0.0526. The summed E-state index contributed by atoms with van der Waals surface area (Å²) in [6.45, 7) is 0. The van der Waals surface area contributed by atoms with Gasteiger partial charge in [-0.25, -0.2) is 8.42 Å². The van der Waals surface area contributed by atoms with Crippen LogP contribution in [0.4, 0.5) is 5.69 Å². The Morgan fingerprint density at radius 3 is 2.42 bits per heavy atom. The lowest BCUT2D eigenvalue weighted by Gasteiger charge is -2.15. The molecule has 0 unspecified atom stereocenters. The first kappa shape index (κ1) is 17.6. The molecule has 132 valence electrons. The van der Waals surface area contributed by atoms with Crippen LogP contribution in [-0.2, 0) is 16.4 Å². The van der Waals surface area contributed by atoms with Gasteiger partial charge < -0.3 is 5.73 Å². The number of primary amides is 1. The average Bonchev–Trinajstić information content (AvgIpc) is 2.62. The minimum absolute atomic E-state index is 0.0465. The van der Waals surface area contributed by atoms with Crippen molar-refractivity contribution < 1.29 is 13.2 Å². The first-order valence-corrected chi connectivity index (χ1v) is 9.34. The van der Waals surface area contributed by atoms with Crippen LogP contribution in [0.25, 0.3) is 0 Å². The monoisotopic (exact) mass is 367 g/mol. The van der Waals surface area contributed by atoms with Gasteiger partial charge in [0.25, 0.3) is 10.0 Å². The normalized spacial score (nSPS) is 11.1. The summed E-state index contributed by atoms with van der Waals surface area (Å²) < 4.78 is 28.4. The summed E-state index contributed by atoms with van der Waals surface area (Å²) in [6.07, 6.45) is 3.28. The van der Waals surface area contributed by atoms with Crippen LogP contribution in [0.5, 0.6) is 0 Å². The zero-order chi connectivity index (χ0) is 18.6. The van der Waals surface area contributed by atoms with E-state index in [0.717, 1.165) is 5.56 Å². The molecule has 1 amide bonds. The summed E-state index contributed by atoms with van der Waals surface area (Å²) in [5.41, 5.74) is 7.09. The zero-order valence-corrected chi connectivity index (χ0v) is 14.6. The number of hydrogen-bond acceptors (Lipinski definition) is 4. The molecule has 0 aliphatic rings. The fourth-order valence-corrected chi connectivity index (χ4v) is 4.16. The Bertz CT molecular complexity index is 1020. The molecule has 0 atom stereocenters. The molecule has 1 aromatic heterocycles. The highest BCUT2D eigenvalue weighted by Gasteiger charge is 2.25. The Morgan fingerprint density at radius 1 is 1.00 bits per heavy atom. The maximum Gasteiger partial charge on any atom is 0.263 e. The van der Waals surface area contributed by atoms with Gasteiger partial charge >= 0.3 is 0 Å². The Kier molecular flexibility index (Phi) is 4.99. The van der Waals surface area contributed by atoms with Crippen LogP contribution in [-0.4, -0.2) is 19.3 Å². The van der Waals surface area contributed by atoms with E-state index in [0.29, 0.717) is 17.7 Å². The highest BCUT2D eigenvalue weighted by molar-refractivity contribution is 7.92. The van der Waals surface area contributed by atoms with Gasteiger partial charge in [-0.3, -0.25) is 14.5 Å². The maximum atomic E-state index is 13.0. The second-order valence-electron chi connectivity index (χ2n) is 5.67. The van der Waals surface area contributed by atoms with E-state index in [1.807, 2.05) is 30.3 Å². The van der Waals surface area contributed by atoms with Crippen molar-refractivity contribution in [2.45, 2.75) is 11.3 Å². The van der Waals surface area contributed by atoms with Crippen LogP contribution in [0.15, 0.2) is 78.0 Å². The molecule has 1 heterocycles. The van der Waals surface area contributed by atoms with E-state index in [1.54, 1.807) is 24.3 Å². The van der Waals surface area contributed by atoms with E-state index < -0.39 is 15.9 Å². The number of amides is 1. The third-order valence-corrected chi connectivity index (χ3v) is 5.31. The zero-order valence-electron chi connectivity index (χ0n) is 13.8. The first-order chi connectivity index (χ1) is 12.5. The summed E-state index contributed by atoms with van der Waals surface area (Å²) in [5.74, 6) is -0.800. The molecule has 3 N–H and O–H groups in total. The van der Waals surface area contributed by atoms with Crippen molar-refractivity contribution in [1.29, 1.82) is 0 Å². The molecule has 0 aliphatic heterocycles. The number of carbonyl (C=O) groups is 1. The number of rotatable bonds is 6. The number of pyridine rings is 1. The predicted octanol–water partition coefficient (Wildman–Crippen LogP) is 2.57. The molecule has 0 fully saturated rings. The van der Waals surface area contributed by atoms with Crippen molar-refractivity contribution in [2.24, 2.45) is 5.73 Å². The van der Waals surface area contributed by atoms with E-state index >= 15 is 0 Å². The molecule has 0 radical (unpaired) electrons. The van der Waals surface area contributed by atoms with Crippen LogP contribution in [0, 0.1) is 0 Å². The summed E-state index contributed by atoms with van der Waals surface area (Å²) in [4.78, 5) is 15.6. The molecule has 0 saturated heterocycles. The molecule has 3 aromatic rings. The molecule has 3 rings (SSSR count). The van der Waals surface area contributed by atoms with Crippen molar-refractivity contribution in [3.05, 3.63) is 89.7 Å². The van der Waals surface area contributed by atoms with E-state index in [9.17, 15) is 13.2 Å². The minimum atomic E-state index is -4.03. The van der Waals surface area contributed by atoms with E-state index in [-0.39, 0.29) is 10.5 Å². The van der Waals surface area contributed by atoms with E-state index in [2.05, 4.69) is 9.71 Å². The third kappa shape index (κ3) is 3.89. The highest BCUT2D eigenvalue weighted by atomic mass is 32.2. The van der Waals surface area contributed by atoms with Crippen LogP contribution in [0.3, 0.4) is 0 Å². The van der Waals surface area contributed by atoms with Crippen molar-refractivity contribution in [2.75, 3.05) is 4.72 Å². The first-order valence-electron chi connectivity index (χ1n) is 7.86. The van der Waals surface area contributed by atoms with Gasteiger partial charge in [-0.1, -0.05) is 42.5 Å². The van der Waals surface area contributed by atoms with E-state index in [1.165, 1.54) is 18.5 Å². The molecule has 0 spiro atoms. The summed E-state index contributed by atoms with van der Waals surface area (Å²) in [7, 11) is -4.03. The molecule has 26 heavy (non-hydrogen) atoms. The van der Waals surface area contributed by atoms with E-state index in [4.69, 9.17) is 5.73 Å². The molecular formula is C19H17N3O3S. The standard InChI is InChI=1S/C19H17N3O3S/c20-19(23)17-10-4-8-15(12-14-6-2-1-3-7-14)18(17)26(24,25)22-16-9-5-11-21-13-16/h1-11,13,22H,12H2,(H2,20,23). The smallest absolute Gasteiger partial charge is 0.263 e. The number of benzene rings is 2. The Morgan fingerprint density at radius 2 is 1.77 bits per heavy atom. The van der Waals surface area contributed by atoms with Gasteiger partial charge in [-0.05, 0) is 35.7 Å². The number of hydrogen-bond donors (Lipinski definition) is 2. The Labute approximate surface area is 151 Å². The van der Waals surface area contributed by atoms with Crippen molar-refractivity contribution in [3.63, 3.8) is 0 Å². The average molecular weight is 367 g/mol. The summed E-state index contributed by atoms with van der Waals surface area (Å²) in [6, 6.07) is 17.3. The fourth-order valence-electron chi connectivity index (χ4n) is 2.68. The molecular weight excluding hydrogens is 350 g/mol. The maximum absolute atomic E-state index is 13.0. The number of anilines is 1. The third-order valence-electron chi connectivity index (χ3n) is 3.78. The lowest BCUT2D eigenvalue weighted by molar-refractivity contribution is 0.0997. The lowest BCUT2D eigenvalue weighted by atomic mass is 10.0. The molecule has 2 aromatic carbocycles. The quantitative estimate of drug-likeness (QED) is 0.699. The van der Waals surface area contributed by atoms with Crippen molar-refractivity contribution in [1.82, 2.24) is 4.98 Å². The topological polar surface area (TPSA) is 102 Å². The summed E-state index contributed by atoms with van der Waals surface area (Å²) >= 11 is 0. The van der Waals surface area contributed by atoms with Gasteiger partial charge in [0.15, 0.2) is 0 Å². The van der Waals surface area contributed by atoms with Gasteiger partial charge in [0, 0.05) is 6.20 Å². The van der Waals surface area contributed by atoms with Crippen LogP contribution in [0.1, 0.15) is 21.5 Å². The Hall–Kier alpha value is -3.19. The number of carbonyl (C=O) groups excluding carboxylic acids is 1. The summed E-state index contributed by atoms with van der Waals surface area (Å²) in [5, 5.41) is 0. The van der Waals surface area contributed by atoms with Gasteiger partial charge in [0.1, 0.15) is 4.90 Å². The van der Waals surface area contributed by atoms with Crippen LogP contribution < -0.4 is 10.5 Å².